The quantitative estimate of drug-likeness (QED) is 0.497. The summed E-state index contributed by atoms with van der Waals surface area (Å²) in [4.78, 5) is 27.0. The number of imide groups is 1. The van der Waals surface area contributed by atoms with Crippen molar-refractivity contribution < 1.29 is 27.1 Å². The fourth-order valence-electron chi connectivity index (χ4n) is 3.70. The van der Waals surface area contributed by atoms with E-state index in [9.17, 15) is 22.4 Å². The first-order valence-corrected chi connectivity index (χ1v) is 11.6. The molecule has 9 heteroatoms. The summed E-state index contributed by atoms with van der Waals surface area (Å²) < 4.78 is 46.7. The third-order valence-electron chi connectivity index (χ3n) is 5.40. The number of rotatable bonds is 7. The summed E-state index contributed by atoms with van der Waals surface area (Å²) in [6.07, 6.45) is -0.301. The van der Waals surface area contributed by atoms with E-state index in [4.69, 9.17) is 4.74 Å². The lowest BCUT2D eigenvalue weighted by Crippen LogP contribution is -2.45. The van der Waals surface area contributed by atoms with Crippen molar-refractivity contribution in [3.63, 3.8) is 0 Å². The number of carbonyl (C=O) groups is 2. The maximum atomic E-state index is 13.6. The smallest absolute Gasteiger partial charge is 0.252 e. The molecular formula is C24H21FN2O5S. The number of anilines is 1. The number of hydrogen-bond donors (Lipinski definition) is 0. The molecule has 0 radical (unpaired) electrons. The zero-order valence-corrected chi connectivity index (χ0v) is 18.5. The van der Waals surface area contributed by atoms with E-state index < -0.39 is 33.7 Å². The Balaban J connectivity index is 1.74. The lowest BCUT2D eigenvalue weighted by Gasteiger charge is -2.27. The minimum atomic E-state index is -4.20. The number of sulfonamides is 1. The highest BCUT2D eigenvalue weighted by Crippen LogP contribution is 2.31. The van der Waals surface area contributed by atoms with Crippen LogP contribution < -0.4 is 9.64 Å². The highest BCUT2D eigenvalue weighted by atomic mass is 32.2. The summed E-state index contributed by atoms with van der Waals surface area (Å²) in [5, 5.41) is 0. The van der Waals surface area contributed by atoms with Gasteiger partial charge in [-0.2, -0.15) is 4.31 Å². The monoisotopic (exact) mass is 468 g/mol. The molecule has 33 heavy (non-hydrogen) atoms. The first-order valence-electron chi connectivity index (χ1n) is 10.1. The largest absolute Gasteiger partial charge is 0.497 e. The number of para-hydroxylation sites is 1. The van der Waals surface area contributed by atoms with Crippen LogP contribution in [-0.4, -0.2) is 37.7 Å². The van der Waals surface area contributed by atoms with Gasteiger partial charge in [-0.15, -0.1) is 0 Å². The minimum Gasteiger partial charge on any atom is -0.497 e. The van der Waals surface area contributed by atoms with E-state index in [-0.39, 0.29) is 17.9 Å². The summed E-state index contributed by atoms with van der Waals surface area (Å²) in [6.45, 7) is -0.207. The number of hydrogen-bond acceptors (Lipinski definition) is 5. The van der Waals surface area contributed by atoms with Gasteiger partial charge in [-0.25, -0.2) is 17.7 Å². The molecule has 1 fully saturated rings. The molecule has 0 N–H and O–H groups in total. The molecule has 170 valence electrons. The molecule has 1 atom stereocenters. The first kappa shape index (κ1) is 22.6. The Labute approximate surface area is 191 Å². The average molecular weight is 469 g/mol. The molecule has 3 aromatic carbocycles. The predicted molar refractivity (Wildman–Crippen MR) is 119 cm³/mol. The molecule has 7 nitrogen and oxygen atoms in total. The third kappa shape index (κ3) is 4.50. The summed E-state index contributed by atoms with van der Waals surface area (Å²) in [5.74, 6) is -1.12. The average Bonchev–Trinajstić information content (AvgIpc) is 3.12. The van der Waals surface area contributed by atoms with Gasteiger partial charge in [0, 0.05) is 6.54 Å². The van der Waals surface area contributed by atoms with Crippen molar-refractivity contribution in [1.29, 1.82) is 0 Å². The fraction of sp³-hybridized carbons (Fsp3) is 0.167. The lowest BCUT2D eigenvalue weighted by atomic mass is 10.2. The van der Waals surface area contributed by atoms with Gasteiger partial charge in [-0.3, -0.25) is 9.59 Å². The summed E-state index contributed by atoms with van der Waals surface area (Å²) >= 11 is 0. The van der Waals surface area contributed by atoms with E-state index >= 15 is 0 Å². The van der Waals surface area contributed by atoms with Crippen LogP contribution in [0.3, 0.4) is 0 Å². The zero-order valence-electron chi connectivity index (χ0n) is 17.7. The second-order valence-corrected chi connectivity index (χ2v) is 9.37. The van der Waals surface area contributed by atoms with Crippen LogP contribution in [0, 0.1) is 5.82 Å². The number of benzene rings is 3. The number of ether oxygens (including phenoxy) is 1. The van der Waals surface area contributed by atoms with Crippen LogP contribution in [0.4, 0.5) is 10.1 Å². The summed E-state index contributed by atoms with van der Waals surface area (Å²) in [5.41, 5.74) is 0.852. The second kappa shape index (κ2) is 9.13. The normalized spacial score (nSPS) is 16.5. The van der Waals surface area contributed by atoms with Gasteiger partial charge in [0.1, 0.15) is 17.6 Å². The van der Waals surface area contributed by atoms with E-state index in [1.807, 2.05) is 0 Å². The molecular weight excluding hydrogens is 447 g/mol. The van der Waals surface area contributed by atoms with Crippen molar-refractivity contribution in [1.82, 2.24) is 4.31 Å². The topological polar surface area (TPSA) is 84.0 Å². The Morgan fingerprint density at radius 2 is 1.61 bits per heavy atom. The molecule has 1 heterocycles. The maximum absolute atomic E-state index is 13.6. The van der Waals surface area contributed by atoms with Crippen molar-refractivity contribution in [3.8, 4) is 5.75 Å². The second-order valence-electron chi connectivity index (χ2n) is 7.48. The molecule has 1 saturated heterocycles. The van der Waals surface area contributed by atoms with Crippen molar-refractivity contribution >= 4 is 27.5 Å². The standard InChI is InChI=1S/C24H21FN2O5S/c1-32-20-11-13-21(14-12-20)33(30,31)26(16-17-7-9-18(25)10-8-17)22-15-23(28)27(24(22)29)19-5-3-2-4-6-19/h2-14,22H,15-16H2,1H3. The molecule has 2 amide bonds. The van der Waals surface area contributed by atoms with E-state index in [1.54, 1.807) is 30.3 Å². The third-order valence-corrected chi connectivity index (χ3v) is 7.27. The van der Waals surface area contributed by atoms with E-state index in [1.165, 1.54) is 55.6 Å². The van der Waals surface area contributed by atoms with Crippen molar-refractivity contribution in [2.24, 2.45) is 0 Å². The maximum Gasteiger partial charge on any atom is 0.252 e. The van der Waals surface area contributed by atoms with Crippen LogP contribution in [0.2, 0.25) is 0 Å². The van der Waals surface area contributed by atoms with Gasteiger partial charge in [0.05, 0.1) is 24.1 Å². The predicted octanol–water partition coefficient (Wildman–Crippen LogP) is 3.36. The molecule has 1 aliphatic rings. The Hall–Kier alpha value is -3.56. The number of carbonyl (C=O) groups excluding carboxylic acids is 2. The van der Waals surface area contributed by atoms with Gasteiger partial charge in [-0.05, 0) is 54.1 Å². The van der Waals surface area contributed by atoms with Gasteiger partial charge >= 0.3 is 0 Å². The van der Waals surface area contributed by atoms with Crippen LogP contribution >= 0.6 is 0 Å². The number of halogens is 1. The zero-order chi connectivity index (χ0) is 23.6. The van der Waals surface area contributed by atoms with Crippen LogP contribution in [0.15, 0.2) is 83.8 Å². The Kier molecular flexibility index (Phi) is 6.26. The van der Waals surface area contributed by atoms with Gasteiger partial charge in [-0.1, -0.05) is 30.3 Å². The van der Waals surface area contributed by atoms with Crippen molar-refractivity contribution in [3.05, 3.63) is 90.2 Å². The van der Waals surface area contributed by atoms with Gasteiger partial charge in [0.15, 0.2) is 0 Å². The Morgan fingerprint density at radius 3 is 2.21 bits per heavy atom. The highest BCUT2D eigenvalue weighted by Gasteiger charge is 2.46. The number of methoxy groups -OCH3 is 1. The molecule has 0 spiro atoms. The highest BCUT2D eigenvalue weighted by molar-refractivity contribution is 7.89. The minimum absolute atomic E-state index is 0.0520. The SMILES string of the molecule is COc1ccc(S(=O)(=O)N(Cc2ccc(F)cc2)C2CC(=O)N(c3ccccc3)C2=O)cc1. The Bertz CT molecular complexity index is 1260. The van der Waals surface area contributed by atoms with Crippen LogP contribution in [0.25, 0.3) is 0 Å². The molecule has 0 aliphatic carbocycles. The molecule has 0 saturated carbocycles. The summed E-state index contributed by atoms with van der Waals surface area (Å²) in [6, 6.07) is 18.2. The lowest BCUT2D eigenvalue weighted by molar-refractivity contribution is -0.122. The first-order chi connectivity index (χ1) is 15.8. The van der Waals surface area contributed by atoms with Gasteiger partial charge in [0.25, 0.3) is 5.91 Å². The van der Waals surface area contributed by atoms with Gasteiger partial charge in [0.2, 0.25) is 15.9 Å². The summed E-state index contributed by atoms with van der Waals surface area (Å²) in [7, 11) is -2.73. The molecule has 0 aromatic heterocycles. The molecule has 4 rings (SSSR count). The molecule has 1 unspecified atom stereocenters. The van der Waals surface area contributed by atoms with E-state index in [0.717, 1.165) is 9.21 Å². The van der Waals surface area contributed by atoms with Gasteiger partial charge < -0.3 is 4.74 Å². The number of amides is 2. The van der Waals surface area contributed by atoms with Crippen LogP contribution in [-0.2, 0) is 26.2 Å². The molecule has 0 bridgehead atoms. The molecule has 1 aliphatic heterocycles. The fourth-order valence-corrected chi connectivity index (χ4v) is 5.27. The van der Waals surface area contributed by atoms with Crippen molar-refractivity contribution in [2.75, 3.05) is 12.0 Å². The van der Waals surface area contributed by atoms with Crippen LogP contribution in [0.5, 0.6) is 5.75 Å². The molecule has 3 aromatic rings. The van der Waals surface area contributed by atoms with Crippen LogP contribution in [0.1, 0.15) is 12.0 Å². The Morgan fingerprint density at radius 1 is 0.970 bits per heavy atom. The van der Waals surface area contributed by atoms with E-state index in [0.29, 0.717) is 17.0 Å². The van der Waals surface area contributed by atoms with Crippen molar-refractivity contribution in [2.45, 2.75) is 23.9 Å². The number of nitrogens with zero attached hydrogens (tertiary/aromatic N) is 2. The van der Waals surface area contributed by atoms with E-state index in [2.05, 4.69) is 0 Å².